The van der Waals surface area contributed by atoms with Gasteiger partial charge >= 0.3 is 0 Å². The summed E-state index contributed by atoms with van der Waals surface area (Å²) >= 11 is 0. The number of hydrogen-bond acceptors (Lipinski definition) is 5. The Hall–Kier alpha value is -1.93. The minimum Gasteiger partial charge on any atom is -0.383 e. The number of methoxy groups -OCH3 is 1. The van der Waals surface area contributed by atoms with Gasteiger partial charge in [0.05, 0.1) is 18.5 Å². The number of carbonyl (C=O) groups excluding carboxylic acids is 2. The smallest absolute Gasteiger partial charge is 0.243 e. The zero-order valence-electron chi connectivity index (χ0n) is 10.3. The summed E-state index contributed by atoms with van der Waals surface area (Å²) in [4.78, 5) is 22.7. The van der Waals surface area contributed by atoms with Crippen LogP contribution < -0.4 is 16.4 Å². The maximum absolute atomic E-state index is 11.6. The first-order chi connectivity index (χ1) is 8.56. The minimum absolute atomic E-state index is 0.0937. The van der Waals surface area contributed by atoms with Gasteiger partial charge in [-0.1, -0.05) is 0 Å². The van der Waals surface area contributed by atoms with Gasteiger partial charge in [-0.05, 0) is 0 Å². The first-order valence-corrected chi connectivity index (χ1v) is 5.35. The van der Waals surface area contributed by atoms with Crippen LogP contribution in [0.3, 0.4) is 0 Å². The van der Waals surface area contributed by atoms with Crippen LogP contribution in [-0.2, 0) is 20.9 Å². The molecule has 0 aromatic carbocycles. The molecule has 0 spiro atoms. The van der Waals surface area contributed by atoms with E-state index in [1.54, 1.807) is 6.20 Å². The molecular formula is C10H17N5O3. The van der Waals surface area contributed by atoms with Gasteiger partial charge in [-0.15, -0.1) is 0 Å². The molecule has 8 heteroatoms. The van der Waals surface area contributed by atoms with Crippen LogP contribution in [0.25, 0.3) is 0 Å². The molecule has 0 saturated carbocycles. The average Bonchev–Trinajstić information content (AvgIpc) is 2.76. The van der Waals surface area contributed by atoms with E-state index in [0.717, 1.165) is 0 Å². The molecule has 1 rings (SSSR count). The lowest BCUT2D eigenvalue weighted by molar-refractivity contribution is -0.121. The Bertz CT molecular complexity index is 417. The fourth-order valence-electron chi connectivity index (χ4n) is 1.23. The number of carbonyl (C=O) groups is 2. The molecule has 2 amide bonds. The minimum atomic E-state index is -0.739. The molecule has 1 atom stereocenters. The molecule has 18 heavy (non-hydrogen) atoms. The SMILES string of the molecule is CNC(=O)Cn1cc(NC(=O)C(N)COC)cn1. The van der Waals surface area contributed by atoms with Crippen LogP contribution in [0, 0.1) is 0 Å². The molecule has 0 aliphatic carbocycles. The normalized spacial score (nSPS) is 11.9. The summed E-state index contributed by atoms with van der Waals surface area (Å²) < 4.78 is 6.19. The van der Waals surface area contributed by atoms with Crippen molar-refractivity contribution in [2.45, 2.75) is 12.6 Å². The van der Waals surface area contributed by atoms with Gasteiger partial charge in [0.2, 0.25) is 11.8 Å². The molecule has 1 heterocycles. The lowest BCUT2D eigenvalue weighted by Gasteiger charge is -2.09. The third-order valence-corrected chi connectivity index (χ3v) is 2.17. The summed E-state index contributed by atoms with van der Waals surface area (Å²) in [6.07, 6.45) is 2.99. The van der Waals surface area contributed by atoms with E-state index in [4.69, 9.17) is 10.5 Å². The summed E-state index contributed by atoms with van der Waals surface area (Å²) in [7, 11) is 3.01. The molecule has 1 aromatic rings. The van der Waals surface area contributed by atoms with Gasteiger partial charge in [-0.2, -0.15) is 5.10 Å². The molecule has 0 aliphatic rings. The number of anilines is 1. The molecule has 8 nitrogen and oxygen atoms in total. The van der Waals surface area contributed by atoms with E-state index < -0.39 is 6.04 Å². The molecular weight excluding hydrogens is 238 g/mol. The van der Waals surface area contributed by atoms with Crippen LogP contribution in [0.1, 0.15) is 0 Å². The summed E-state index contributed by atoms with van der Waals surface area (Å²) in [6, 6.07) is -0.739. The maximum atomic E-state index is 11.6. The Kier molecular flexibility index (Phi) is 5.28. The molecule has 0 fully saturated rings. The molecule has 0 aliphatic heterocycles. The summed E-state index contributed by atoms with van der Waals surface area (Å²) in [5.41, 5.74) is 6.04. The average molecular weight is 255 g/mol. The molecule has 0 saturated heterocycles. The highest BCUT2D eigenvalue weighted by molar-refractivity contribution is 5.94. The number of rotatable bonds is 6. The van der Waals surface area contributed by atoms with Crippen molar-refractivity contribution < 1.29 is 14.3 Å². The quantitative estimate of drug-likeness (QED) is 0.575. The monoisotopic (exact) mass is 255 g/mol. The van der Waals surface area contributed by atoms with Crippen molar-refractivity contribution in [1.29, 1.82) is 0 Å². The predicted molar refractivity (Wildman–Crippen MR) is 64.8 cm³/mol. The Morgan fingerprint density at radius 2 is 2.33 bits per heavy atom. The largest absolute Gasteiger partial charge is 0.383 e. The van der Waals surface area contributed by atoms with Crippen LogP contribution in [0.15, 0.2) is 12.4 Å². The zero-order valence-corrected chi connectivity index (χ0v) is 10.3. The number of likely N-dealkylation sites (N-methyl/N-ethyl adjacent to an activating group) is 1. The third-order valence-electron chi connectivity index (χ3n) is 2.17. The fourth-order valence-corrected chi connectivity index (χ4v) is 1.23. The lowest BCUT2D eigenvalue weighted by atomic mass is 10.3. The van der Waals surface area contributed by atoms with E-state index in [1.807, 2.05) is 0 Å². The molecule has 0 radical (unpaired) electrons. The second kappa shape index (κ2) is 6.72. The van der Waals surface area contributed by atoms with E-state index >= 15 is 0 Å². The predicted octanol–water partition coefficient (Wildman–Crippen LogP) is -1.46. The van der Waals surface area contributed by atoms with Crippen LogP contribution >= 0.6 is 0 Å². The van der Waals surface area contributed by atoms with Crippen molar-refractivity contribution in [2.75, 3.05) is 26.1 Å². The molecule has 1 aromatic heterocycles. The first kappa shape index (κ1) is 14.1. The lowest BCUT2D eigenvalue weighted by Crippen LogP contribution is -2.39. The van der Waals surface area contributed by atoms with Gasteiger partial charge in [0.1, 0.15) is 12.6 Å². The Morgan fingerprint density at radius 1 is 1.61 bits per heavy atom. The van der Waals surface area contributed by atoms with Crippen molar-refractivity contribution in [1.82, 2.24) is 15.1 Å². The van der Waals surface area contributed by atoms with Crippen molar-refractivity contribution in [3.8, 4) is 0 Å². The highest BCUT2D eigenvalue weighted by atomic mass is 16.5. The second-order valence-electron chi connectivity index (χ2n) is 3.65. The van der Waals surface area contributed by atoms with E-state index in [-0.39, 0.29) is 25.0 Å². The van der Waals surface area contributed by atoms with Crippen molar-refractivity contribution in [3.63, 3.8) is 0 Å². The highest BCUT2D eigenvalue weighted by Crippen LogP contribution is 2.05. The van der Waals surface area contributed by atoms with E-state index in [1.165, 1.54) is 25.0 Å². The zero-order chi connectivity index (χ0) is 13.5. The Morgan fingerprint density at radius 3 is 2.94 bits per heavy atom. The number of nitrogens with one attached hydrogen (secondary N) is 2. The van der Waals surface area contributed by atoms with Crippen molar-refractivity contribution >= 4 is 17.5 Å². The van der Waals surface area contributed by atoms with Crippen LogP contribution in [0.4, 0.5) is 5.69 Å². The summed E-state index contributed by atoms with van der Waals surface area (Å²) in [5.74, 6) is -0.539. The summed E-state index contributed by atoms with van der Waals surface area (Å²) in [5, 5.41) is 8.99. The molecule has 100 valence electrons. The van der Waals surface area contributed by atoms with Gasteiger partial charge in [-0.25, -0.2) is 0 Å². The van der Waals surface area contributed by atoms with Crippen molar-refractivity contribution in [3.05, 3.63) is 12.4 Å². The fraction of sp³-hybridized carbons (Fsp3) is 0.500. The van der Waals surface area contributed by atoms with E-state index in [9.17, 15) is 9.59 Å². The Labute approximate surface area is 104 Å². The number of nitrogens with two attached hydrogens (primary N) is 1. The van der Waals surface area contributed by atoms with Gasteiger partial charge in [0.25, 0.3) is 0 Å². The van der Waals surface area contributed by atoms with E-state index in [2.05, 4.69) is 15.7 Å². The van der Waals surface area contributed by atoms with Gasteiger partial charge < -0.3 is 21.1 Å². The number of hydrogen-bond donors (Lipinski definition) is 3. The number of amides is 2. The number of aromatic nitrogens is 2. The van der Waals surface area contributed by atoms with Crippen LogP contribution in [-0.4, -0.2) is 48.4 Å². The van der Waals surface area contributed by atoms with Crippen LogP contribution in [0.2, 0.25) is 0 Å². The topological polar surface area (TPSA) is 111 Å². The molecule has 1 unspecified atom stereocenters. The molecule has 4 N–H and O–H groups in total. The van der Waals surface area contributed by atoms with Crippen molar-refractivity contribution in [2.24, 2.45) is 5.73 Å². The highest BCUT2D eigenvalue weighted by Gasteiger charge is 2.14. The number of nitrogens with zero attached hydrogens (tertiary/aromatic N) is 2. The van der Waals surface area contributed by atoms with Gasteiger partial charge in [0.15, 0.2) is 0 Å². The van der Waals surface area contributed by atoms with Gasteiger partial charge in [-0.3, -0.25) is 14.3 Å². The maximum Gasteiger partial charge on any atom is 0.243 e. The Balaban J connectivity index is 2.53. The summed E-state index contributed by atoms with van der Waals surface area (Å²) in [6.45, 7) is 0.231. The van der Waals surface area contributed by atoms with Crippen LogP contribution in [0.5, 0.6) is 0 Å². The van der Waals surface area contributed by atoms with Gasteiger partial charge in [0, 0.05) is 20.4 Å². The number of ether oxygens (including phenoxy) is 1. The third kappa shape index (κ3) is 4.15. The standard InChI is InChI=1S/C10H17N5O3/c1-12-9(16)5-15-4-7(3-13-15)14-10(17)8(11)6-18-2/h3-4,8H,5-6,11H2,1-2H3,(H,12,16)(H,14,17). The second-order valence-corrected chi connectivity index (χ2v) is 3.65. The molecule has 0 bridgehead atoms. The first-order valence-electron chi connectivity index (χ1n) is 5.35. The van der Waals surface area contributed by atoms with E-state index in [0.29, 0.717) is 5.69 Å².